The van der Waals surface area contributed by atoms with Crippen molar-refractivity contribution in [3.05, 3.63) is 32.5 Å². The van der Waals surface area contributed by atoms with Crippen molar-refractivity contribution in [3.63, 3.8) is 0 Å². The monoisotopic (exact) mass is 589 g/mol. The Morgan fingerprint density at radius 1 is 1.32 bits per heavy atom. The number of hydrogen-bond acceptors (Lipinski definition) is 8. The minimum atomic E-state index is -0.777. The summed E-state index contributed by atoms with van der Waals surface area (Å²) in [6.07, 6.45) is 3.99. The Balaban J connectivity index is 1.43. The van der Waals surface area contributed by atoms with Crippen molar-refractivity contribution >= 4 is 36.1 Å². The molecule has 1 aromatic rings. The maximum Gasteiger partial charge on any atom is 0.481 e. The summed E-state index contributed by atoms with van der Waals surface area (Å²) in [6.45, 7) is 11.2. The third-order valence-electron chi connectivity index (χ3n) is 9.38. The van der Waals surface area contributed by atoms with E-state index in [9.17, 15) is 19.7 Å². The molecule has 41 heavy (non-hydrogen) atoms. The SMILES string of the molecule is CC(C)C[C@H](NC(=O)[C@H](CCCN=C(N)N[N+](=O)[O-])CC(=O)Cc1ccsc1)B1O[C@@H]2C[C@@H]3C[C@@H](C3(C)C)[C@]2(C)O1. The molecule has 0 unspecified atom stereocenters. The standard InChI is InChI=1S/C28H44BN5O6S/c1-17(2)11-24(29-39-23-15-20-14-22(27(20,3)4)28(23,5)40-29)32-25(36)19(7-6-9-31-26(30)33-34(37)38)13-21(35)12-18-8-10-41-16-18/h8,10,16-17,19-20,22-24H,6-7,9,11-15H2,1-5H3,(H,32,36)(H3,30,31,33)/t19-,20+,22+,23-,24+,28+/m1/s1. The van der Waals surface area contributed by atoms with Crippen molar-refractivity contribution in [2.45, 2.75) is 97.2 Å². The quantitative estimate of drug-likeness (QED) is 0.0743. The average Bonchev–Trinajstić information content (AvgIpc) is 3.51. The highest BCUT2D eigenvalue weighted by atomic mass is 32.1. The smallest absolute Gasteiger partial charge is 0.404 e. The van der Waals surface area contributed by atoms with Crippen LogP contribution in [0.3, 0.4) is 0 Å². The van der Waals surface area contributed by atoms with Gasteiger partial charge in [-0.3, -0.25) is 9.59 Å². The highest BCUT2D eigenvalue weighted by Gasteiger charge is 2.68. The number of hydrazine groups is 1. The van der Waals surface area contributed by atoms with Gasteiger partial charge in [-0.05, 0) is 84.6 Å². The van der Waals surface area contributed by atoms with Gasteiger partial charge in [0.25, 0.3) is 5.96 Å². The van der Waals surface area contributed by atoms with E-state index in [0.717, 1.165) is 18.4 Å². The van der Waals surface area contributed by atoms with Crippen LogP contribution in [-0.4, -0.2) is 54.0 Å². The Kier molecular flexibility index (Phi) is 9.80. The maximum absolute atomic E-state index is 13.7. The zero-order valence-corrected chi connectivity index (χ0v) is 25.6. The molecule has 3 aliphatic carbocycles. The molecule has 1 aliphatic heterocycles. The predicted octanol–water partition coefficient (Wildman–Crippen LogP) is 3.54. The topological polar surface area (TPSA) is 158 Å². The summed E-state index contributed by atoms with van der Waals surface area (Å²) in [5.41, 5.74) is 8.10. The van der Waals surface area contributed by atoms with Gasteiger partial charge in [0, 0.05) is 25.3 Å². The average molecular weight is 590 g/mol. The predicted molar refractivity (Wildman–Crippen MR) is 158 cm³/mol. The molecule has 226 valence electrons. The van der Waals surface area contributed by atoms with Crippen LogP contribution in [0.5, 0.6) is 0 Å². The van der Waals surface area contributed by atoms with E-state index in [0.29, 0.717) is 31.1 Å². The van der Waals surface area contributed by atoms with E-state index in [-0.39, 0.29) is 66.0 Å². The van der Waals surface area contributed by atoms with E-state index in [1.54, 1.807) is 0 Å². The number of aliphatic imine (C=N–C) groups is 1. The van der Waals surface area contributed by atoms with Gasteiger partial charge in [-0.25, -0.2) is 15.1 Å². The molecule has 2 heterocycles. The third kappa shape index (κ3) is 7.29. The Hall–Kier alpha value is -2.51. The number of guanidine groups is 1. The number of carbonyl (C=O) groups excluding carboxylic acids is 2. The Labute approximate surface area is 246 Å². The van der Waals surface area contributed by atoms with Gasteiger partial charge in [-0.2, -0.15) is 11.3 Å². The van der Waals surface area contributed by atoms with E-state index in [4.69, 9.17) is 15.0 Å². The van der Waals surface area contributed by atoms with Crippen molar-refractivity contribution in [1.29, 1.82) is 0 Å². The van der Waals surface area contributed by atoms with Gasteiger partial charge in [0.05, 0.1) is 17.6 Å². The van der Waals surface area contributed by atoms with Crippen LogP contribution in [-0.2, 0) is 25.3 Å². The molecule has 11 nitrogen and oxygen atoms in total. The second-order valence-electron chi connectivity index (χ2n) is 13.1. The second kappa shape index (κ2) is 12.8. The maximum atomic E-state index is 13.7. The molecule has 4 fully saturated rings. The van der Waals surface area contributed by atoms with Gasteiger partial charge in [-0.1, -0.05) is 33.1 Å². The fraction of sp³-hybridized carbons (Fsp3) is 0.750. The van der Waals surface area contributed by atoms with Crippen LogP contribution >= 0.6 is 11.3 Å². The number of nitro groups is 1. The van der Waals surface area contributed by atoms with Crippen LogP contribution in [0.1, 0.15) is 78.7 Å². The lowest BCUT2D eigenvalue weighted by Gasteiger charge is -2.64. The van der Waals surface area contributed by atoms with Crippen molar-refractivity contribution in [1.82, 2.24) is 10.7 Å². The molecule has 6 atom stereocenters. The fourth-order valence-electron chi connectivity index (χ4n) is 7.08. The van der Waals surface area contributed by atoms with E-state index >= 15 is 0 Å². The lowest BCUT2D eigenvalue weighted by molar-refractivity contribution is -0.525. The zero-order chi connectivity index (χ0) is 29.9. The van der Waals surface area contributed by atoms with Gasteiger partial charge < -0.3 is 20.4 Å². The van der Waals surface area contributed by atoms with Crippen LogP contribution < -0.4 is 16.5 Å². The van der Waals surface area contributed by atoms with Crippen molar-refractivity contribution in [3.8, 4) is 0 Å². The second-order valence-corrected chi connectivity index (χ2v) is 13.9. The van der Waals surface area contributed by atoms with Crippen molar-refractivity contribution in [2.75, 3.05) is 6.54 Å². The number of nitrogens with zero attached hydrogens (tertiary/aromatic N) is 2. The summed E-state index contributed by atoms with van der Waals surface area (Å²) in [6, 6.07) is 1.91. The van der Waals surface area contributed by atoms with Gasteiger partial charge in [-0.15, -0.1) is 0 Å². The molecule has 4 N–H and O–H groups in total. The highest BCUT2D eigenvalue weighted by molar-refractivity contribution is 7.08. The Morgan fingerprint density at radius 3 is 2.71 bits per heavy atom. The van der Waals surface area contributed by atoms with Gasteiger partial charge in [0.15, 0.2) is 5.03 Å². The molecule has 1 aromatic heterocycles. The zero-order valence-electron chi connectivity index (χ0n) is 24.8. The number of amides is 1. The van der Waals surface area contributed by atoms with Crippen LogP contribution in [0, 0.1) is 39.2 Å². The third-order valence-corrected chi connectivity index (χ3v) is 10.1. The summed E-state index contributed by atoms with van der Waals surface area (Å²) >= 11 is 1.53. The number of Topliss-reactive ketones (excluding diaryl/α,β-unsaturated/α-hetero) is 1. The summed E-state index contributed by atoms with van der Waals surface area (Å²) < 4.78 is 13.2. The number of thiophene rings is 1. The first kappa shape index (κ1) is 31.4. The first-order valence-corrected chi connectivity index (χ1v) is 15.6. The van der Waals surface area contributed by atoms with Crippen molar-refractivity contribution < 1.29 is 23.9 Å². The molecular weight excluding hydrogens is 545 g/mol. The number of ketones is 1. The summed E-state index contributed by atoms with van der Waals surface area (Å²) in [5.74, 6) is -0.130. The van der Waals surface area contributed by atoms with Gasteiger partial charge >= 0.3 is 7.12 Å². The number of carbonyl (C=O) groups is 2. The molecule has 1 amide bonds. The lowest BCUT2D eigenvalue weighted by atomic mass is 9.43. The van der Waals surface area contributed by atoms with E-state index in [1.165, 1.54) is 11.3 Å². The number of hydrogen-bond donors (Lipinski definition) is 3. The highest BCUT2D eigenvalue weighted by Crippen LogP contribution is 2.65. The normalized spacial score (nSPS) is 28.0. The minimum absolute atomic E-state index is 0.00919. The minimum Gasteiger partial charge on any atom is -0.404 e. The molecule has 0 aromatic carbocycles. The summed E-state index contributed by atoms with van der Waals surface area (Å²) in [4.78, 5) is 41.2. The van der Waals surface area contributed by atoms with Crippen LogP contribution in [0.15, 0.2) is 21.8 Å². The van der Waals surface area contributed by atoms with E-state index in [2.05, 4.69) is 44.9 Å². The largest absolute Gasteiger partial charge is 0.481 e. The number of nitrogens with two attached hydrogens (primary N) is 1. The van der Waals surface area contributed by atoms with Crippen molar-refractivity contribution in [2.24, 2.45) is 39.8 Å². The number of nitrogens with one attached hydrogen (secondary N) is 2. The van der Waals surface area contributed by atoms with Crippen LogP contribution in [0.25, 0.3) is 0 Å². The summed E-state index contributed by atoms with van der Waals surface area (Å²) in [5, 5.41) is 16.8. The lowest BCUT2D eigenvalue weighted by Crippen LogP contribution is -2.65. The Bertz CT molecular complexity index is 1130. The van der Waals surface area contributed by atoms with Gasteiger partial charge in [0.2, 0.25) is 5.91 Å². The molecule has 4 aliphatic rings. The van der Waals surface area contributed by atoms with E-state index < -0.39 is 18.1 Å². The molecule has 2 bridgehead atoms. The fourth-order valence-corrected chi connectivity index (χ4v) is 7.75. The summed E-state index contributed by atoms with van der Waals surface area (Å²) in [7, 11) is -0.550. The molecule has 3 saturated carbocycles. The first-order valence-electron chi connectivity index (χ1n) is 14.7. The Morgan fingerprint density at radius 2 is 2.07 bits per heavy atom. The van der Waals surface area contributed by atoms with Gasteiger partial charge in [0.1, 0.15) is 5.78 Å². The molecule has 0 radical (unpaired) electrons. The van der Waals surface area contributed by atoms with Crippen LogP contribution in [0.2, 0.25) is 0 Å². The molecule has 1 saturated heterocycles. The molecule has 5 rings (SSSR count). The number of rotatable bonds is 14. The first-order chi connectivity index (χ1) is 19.3. The molecule has 0 spiro atoms. The van der Waals surface area contributed by atoms with Crippen LogP contribution in [0.4, 0.5) is 0 Å². The molecule has 13 heteroatoms. The van der Waals surface area contributed by atoms with E-state index in [1.807, 2.05) is 22.3 Å². The molecular formula is C28H44BN5O6S.